The summed E-state index contributed by atoms with van der Waals surface area (Å²) in [6, 6.07) is 3.83. The Labute approximate surface area is 198 Å². The third-order valence-corrected chi connectivity index (χ3v) is 8.83. The Bertz CT molecular complexity index is 1310. The molecule has 2 fully saturated rings. The molecule has 2 aromatic rings. The average Bonchev–Trinajstić information content (AvgIpc) is 3.32. The zero-order chi connectivity index (χ0) is 25.5. The van der Waals surface area contributed by atoms with Crippen LogP contribution in [0, 0.1) is 10.1 Å². The number of nitro groups is 1. The van der Waals surface area contributed by atoms with Crippen molar-refractivity contribution >= 4 is 33.4 Å². The van der Waals surface area contributed by atoms with E-state index in [0.29, 0.717) is 5.56 Å². The van der Waals surface area contributed by atoms with Crippen molar-refractivity contribution in [3.05, 3.63) is 51.8 Å². The number of carbonyl (C=O) groups excluding carboxylic acids is 3. The predicted octanol–water partition coefficient (Wildman–Crippen LogP) is 0.221. The number of ether oxygens (including phenoxy) is 2. The van der Waals surface area contributed by atoms with Gasteiger partial charge >= 0.3 is 11.9 Å². The van der Waals surface area contributed by atoms with Crippen LogP contribution in [-0.4, -0.2) is 73.9 Å². The quantitative estimate of drug-likeness (QED) is 0.206. The summed E-state index contributed by atoms with van der Waals surface area (Å²) in [5.41, 5.74) is 0.161. The molecule has 2 aliphatic heterocycles. The molecule has 2 aliphatic rings. The highest BCUT2D eigenvalue weighted by molar-refractivity contribution is 7.93. The van der Waals surface area contributed by atoms with Crippen LogP contribution in [0.5, 0.6) is 0 Å². The molecule has 0 spiro atoms. The van der Waals surface area contributed by atoms with Gasteiger partial charge in [-0.1, -0.05) is 5.21 Å². The molecular formula is C20H21N5O9S. The Hall–Kier alpha value is -3.88. The van der Waals surface area contributed by atoms with Crippen LogP contribution in [0.2, 0.25) is 0 Å². The number of sulfone groups is 1. The lowest BCUT2D eigenvalue weighted by Crippen LogP contribution is -2.58. The summed E-state index contributed by atoms with van der Waals surface area (Å²) in [5.74, 6) is -2.20. The second-order valence-corrected chi connectivity index (χ2v) is 10.8. The lowest BCUT2D eigenvalue weighted by Gasteiger charge is -2.36. The summed E-state index contributed by atoms with van der Waals surface area (Å²) < 4.78 is 36.1. The number of amides is 1. The smallest absolute Gasteiger partial charge is 0.360 e. The van der Waals surface area contributed by atoms with Gasteiger partial charge in [0.2, 0.25) is 5.91 Å². The van der Waals surface area contributed by atoms with Crippen LogP contribution in [-0.2, 0) is 42.1 Å². The van der Waals surface area contributed by atoms with E-state index in [-0.39, 0.29) is 37.6 Å². The van der Waals surface area contributed by atoms with E-state index in [2.05, 4.69) is 10.3 Å². The zero-order valence-corrected chi connectivity index (χ0v) is 19.5. The van der Waals surface area contributed by atoms with Gasteiger partial charge in [0.1, 0.15) is 16.7 Å². The Morgan fingerprint density at radius 3 is 2.54 bits per heavy atom. The maximum Gasteiger partial charge on any atom is 0.360 e. The van der Waals surface area contributed by atoms with Gasteiger partial charge in [-0.25, -0.2) is 22.7 Å². The number of nitrogens with zero attached hydrogens (tertiary/aromatic N) is 5. The molecule has 0 N–H and O–H groups in total. The molecule has 15 heteroatoms. The largest absolute Gasteiger partial charge is 0.461 e. The first-order valence-electron chi connectivity index (χ1n) is 10.5. The standard InChI is InChI=1S/C20H21N5O9S/c1-3-33-18(27)14-9-23(22-21-14)11-20(2)17(24-15(26)8-16(24)35(20,31)32)19(28)34-10-12-4-6-13(7-5-12)25(29)30/h4-7,9,16-17H,3,8,10-11H2,1-2H3/t16-,17+,20+/m1/s1. The Morgan fingerprint density at radius 1 is 1.26 bits per heavy atom. The van der Waals surface area contributed by atoms with Crippen molar-refractivity contribution in [2.24, 2.45) is 0 Å². The van der Waals surface area contributed by atoms with Gasteiger partial charge < -0.3 is 14.4 Å². The second kappa shape index (κ2) is 8.72. The summed E-state index contributed by atoms with van der Waals surface area (Å²) >= 11 is 0. The lowest BCUT2D eigenvalue weighted by molar-refractivity contribution is -0.384. The fourth-order valence-corrected chi connectivity index (χ4v) is 6.57. The van der Waals surface area contributed by atoms with Gasteiger partial charge in [-0.15, -0.1) is 5.10 Å². The topological polar surface area (TPSA) is 181 Å². The van der Waals surface area contributed by atoms with Gasteiger partial charge in [-0.3, -0.25) is 14.9 Å². The van der Waals surface area contributed by atoms with Crippen molar-refractivity contribution in [3.63, 3.8) is 0 Å². The van der Waals surface area contributed by atoms with Gasteiger partial charge in [0, 0.05) is 12.1 Å². The Kier molecular flexibility index (Phi) is 6.04. The van der Waals surface area contributed by atoms with Crippen molar-refractivity contribution in [1.29, 1.82) is 0 Å². The molecule has 4 rings (SSSR count). The first kappa shape index (κ1) is 24.3. The zero-order valence-electron chi connectivity index (χ0n) is 18.7. The van der Waals surface area contributed by atoms with Crippen LogP contribution >= 0.6 is 0 Å². The highest BCUT2D eigenvalue weighted by Gasteiger charge is 2.70. The van der Waals surface area contributed by atoms with E-state index in [1.165, 1.54) is 37.4 Å². The first-order valence-corrected chi connectivity index (χ1v) is 12.1. The van der Waals surface area contributed by atoms with Crippen molar-refractivity contribution in [3.8, 4) is 0 Å². The number of hydrogen-bond acceptors (Lipinski definition) is 11. The van der Waals surface area contributed by atoms with Crippen LogP contribution in [0.4, 0.5) is 5.69 Å². The van der Waals surface area contributed by atoms with E-state index in [4.69, 9.17) is 9.47 Å². The minimum absolute atomic E-state index is 0.110. The van der Waals surface area contributed by atoms with E-state index >= 15 is 0 Å². The van der Waals surface area contributed by atoms with Crippen LogP contribution < -0.4 is 0 Å². The molecule has 0 aliphatic carbocycles. The minimum atomic E-state index is -4.05. The molecule has 0 bridgehead atoms. The SMILES string of the molecule is CCOC(=O)c1cn(C[C@@]2(C)[C@H](C(=O)OCc3ccc([N+](=O)[O-])cc3)N3C(=O)C[C@H]3S2(=O)=O)nn1. The van der Waals surface area contributed by atoms with Gasteiger partial charge in [0.25, 0.3) is 5.69 Å². The van der Waals surface area contributed by atoms with Crippen molar-refractivity contribution in [2.75, 3.05) is 6.61 Å². The minimum Gasteiger partial charge on any atom is -0.461 e. The molecule has 1 amide bonds. The molecule has 0 unspecified atom stereocenters. The van der Waals surface area contributed by atoms with E-state index in [1.807, 2.05) is 0 Å². The van der Waals surface area contributed by atoms with Gasteiger partial charge in [0.05, 0.1) is 30.7 Å². The first-order chi connectivity index (χ1) is 16.5. The maximum atomic E-state index is 13.3. The van der Waals surface area contributed by atoms with Gasteiger partial charge in [0.15, 0.2) is 21.6 Å². The molecule has 1 aromatic carbocycles. The van der Waals surface area contributed by atoms with Gasteiger partial charge in [-0.05, 0) is 31.5 Å². The molecule has 0 radical (unpaired) electrons. The van der Waals surface area contributed by atoms with Gasteiger partial charge in [-0.2, -0.15) is 0 Å². The fraction of sp³-hybridized carbons (Fsp3) is 0.450. The second-order valence-electron chi connectivity index (χ2n) is 8.27. The summed E-state index contributed by atoms with van der Waals surface area (Å²) in [6.45, 7) is 2.38. The molecule has 1 aromatic heterocycles. The number of carbonyl (C=O) groups is 3. The van der Waals surface area contributed by atoms with E-state index in [9.17, 15) is 32.9 Å². The van der Waals surface area contributed by atoms with Crippen LogP contribution in [0.25, 0.3) is 0 Å². The monoisotopic (exact) mass is 507 g/mol. The van der Waals surface area contributed by atoms with Crippen molar-refractivity contribution < 1.29 is 37.2 Å². The third kappa shape index (κ3) is 4.00. The molecule has 3 heterocycles. The number of aromatic nitrogens is 3. The molecular weight excluding hydrogens is 486 g/mol. The van der Waals surface area contributed by atoms with Crippen LogP contribution in [0.3, 0.4) is 0 Å². The number of benzene rings is 1. The number of fused-ring (bicyclic) bond motifs is 1. The molecule has 0 saturated carbocycles. The molecule has 35 heavy (non-hydrogen) atoms. The number of rotatable bonds is 8. The van der Waals surface area contributed by atoms with Crippen LogP contribution in [0.15, 0.2) is 30.5 Å². The molecule has 2 saturated heterocycles. The van der Waals surface area contributed by atoms with E-state index < -0.39 is 48.8 Å². The van der Waals surface area contributed by atoms with E-state index in [0.717, 1.165) is 9.58 Å². The molecule has 186 valence electrons. The Balaban J connectivity index is 1.58. The normalized spacial score (nSPS) is 24.4. The number of non-ortho nitro benzene ring substituents is 1. The third-order valence-electron chi connectivity index (χ3n) is 6.06. The van der Waals surface area contributed by atoms with Crippen molar-refractivity contribution in [1.82, 2.24) is 19.9 Å². The molecule has 3 atom stereocenters. The molecule has 14 nitrogen and oxygen atoms in total. The summed E-state index contributed by atoms with van der Waals surface area (Å²) in [4.78, 5) is 48.5. The number of nitro benzene ring substituents is 1. The Morgan fingerprint density at radius 2 is 1.94 bits per heavy atom. The summed E-state index contributed by atoms with van der Waals surface area (Å²) in [5, 5.41) is 17.1. The lowest BCUT2D eigenvalue weighted by atomic mass is 9.96. The highest BCUT2D eigenvalue weighted by Crippen LogP contribution is 2.47. The summed E-state index contributed by atoms with van der Waals surface area (Å²) in [6.07, 6.45) is 0.949. The number of esters is 2. The maximum absolute atomic E-state index is 13.3. The van der Waals surface area contributed by atoms with Crippen LogP contribution in [0.1, 0.15) is 36.3 Å². The summed E-state index contributed by atoms with van der Waals surface area (Å²) in [7, 11) is -4.05. The average molecular weight is 507 g/mol. The highest BCUT2D eigenvalue weighted by atomic mass is 32.2. The van der Waals surface area contributed by atoms with E-state index in [1.54, 1.807) is 6.92 Å². The number of β-lactam (4-membered cyclic amide) rings is 1. The van der Waals surface area contributed by atoms with Crippen molar-refractivity contribution in [2.45, 2.75) is 49.6 Å². The fourth-order valence-electron chi connectivity index (χ4n) is 4.21. The predicted molar refractivity (Wildman–Crippen MR) is 115 cm³/mol. The number of hydrogen-bond donors (Lipinski definition) is 0.